The third-order valence-corrected chi connectivity index (χ3v) is 14.1. The zero-order valence-corrected chi connectivity index (χ0v) is 51.7. The largest absolute Gasteiger partial charge is 0.472 e. The molecule has 0 aromatic carbocycles. The molecule has 0 aliphatic carbocycles. The molecule has 3 atom stereocenters. The normalized spacial score (nSPS) is 14.0. The molecule has 0 aromatic heterocycles. The van der Waals surface area contributed by atoms with E-state index < -0.39 is 57.8 Å². The van der Waals surface area contributed by atoms with Gasteiger partial charge in [-0.15, -0.1) is 0 Å². The molecule has 0 aromatic rings. The molecule has 11 nitrogen and oxygen atoms in total. The maximum Gasteiger partial charge on any atom is 0.472 e. The number of rotatable bonds is 58. The first-order valence-electron chi connectivity index (χ1n) is 31.8. The summed E-state index contributed by atoms with van der Waals surface area (Å²) >= 11 is 0. The van der Waals surface area contributed by atoms with Crippen LogP contribution >= 0.6 is 7.82 Å². The molecule has 0 spiro atoms. The molecular formula is C68H115O11P. The maximum atomic E-state index is 13.0. The molecule has 0 heterocycles. The predicted octanol–water partition coefficient (Wildman–Crippen LogP) is 19.4. The summed E-state index contributed by atoms with van der Waals surface area (Å²) in [6.07, 6.45) is 74.7. The van der Waals surface area contributed by atoms with Gasteiger partial charge in [-0.1, -0.05) is 233 Å². The molecule has 0 aliphatic heterocycles. The number of esters is 3. The van der Waals surface area contributed by atoms with E-state index in [2.05, 4.69) is 130 Å². The first kappa shape index (κ1) is 76.1. The molecular weight excluding hydrogens is 1020 g/mol. The van der Waals surface area contributed by atoms with Crippen molar-refractivity contribution in [3.8, 4) is 0 Å². The molecule has 80 heavy (non-hydrogen) atoms. The van der Waals surface area contributed by atoms with Crippen LogP contribution in [-0.2, 0) is 42.2 Å². The molecule has 0 saturated carbocycles. The highest BCUT2D eigenvalue weighted by molar-refractivity contribution is 7.47. The second-order valence-electron chi connectivity index (χ2n) is 20.8. The third kappa shape index (κ3) is 58.8. The number of hydrogen-bond acceptors (Lipinski definition) is 10. The third-order valence-electron chi connectivity index (χ3n) is 13.2. The van der Waals surface area contributed by atoms with E-state index >= 15 is 0 Å². The second kappa shape index (κ2) is 61.2. The van der Waals surface area contributed by atoms with Crippen molar-refractivity contribution in [1.29, 1.82) is 0 Å². The Balaban J connectivity index is 4.79. The number of allylic oxidation sites excluding steroid dienone is 18. The van der Waals surface area contributed by atoms with Crippen LogP contribution in [0, 0.1) is 0 Å². The second-order valence-corrected chi connectivity index (χ2v) is 22.3. The standard InChI is InChI=1S/C68H115O11P/c1-4-7-10-13-16-19-22-25-28-30-32-34-37-39-42-45-48-51-54-57-66(70)75-61-65(79-68(72)59-56-53-50-47-44-41-38-35-33-31-29-26-23-20-17-14-11-8-5-2)63-77-80(73,74)76-62-64(60-69)78-67(71)58-55-52-49-46-43-40-36-27-24-21-18-15-12-9-6-3/h7,9-10,12,16,18-19,21,25-29,32,34,36,39,42,64-65,69H,4-6,8,11,13-15,17,20,22-24,30-31,33,35,37-38,40-41,43-63H2,1-3H3,(H,73,74)/b10-7-,12-9-,19-16-,21-18-,28-25-,29-26-,34-32-,36-27-,42-39-. The van der Waals surface area contributed by atoms with Crippen LogP contribution < -0.4 is 0 Å². The van der Waals surface area contributed by atoms with Gasteiger partial charge < -0.3 is 24.2 Å². The van der Waals surface area contributed by atoms with Gasteiger partial charge in [0, 0.05) is 19.3 Å². The van der Waals surface area contributed by atoms with Crippen molar-refractivity contribution in [2.24, 2.45) is 0 Å². The molecule has 2 N–H and O–H groups in total. The van der Waals surface area contributed by atoms with Crippen LogP contribution in [0.1, 0.15) is 265 Å². The minimum absolute atomic E-state index is 0.151. The van der Waals surface area contributed by atoms with E-state index in [1.807, 2.05) is 0 Å². The molecule has 3 unspecified atom stereocenters. The first-order chi connectivity index (χ1) is 39.2. The Morgan fingerprint density at radius 2 is 0.650 bits per heavy atom. The van der Waals surface area contributed by atoms with Crippen molar-refractivity contribution in [1.82, 2.24) is 0 Å². The lowest BCUT2D eigenvalue weighted by molar-refractivity contribution is -0.161. The molecule has 0 bridgehead atoms. The Kier molecular flexibility index (Phi) is 58.3. The highest BCUT2D eigenvalue weighted by atomic mass is 31.2. The lowest BCUT2D eigenvalue weighted by atomic mass is 10.1. The number of carbonyl (C=O) groups is 3. The molecule has 0 saturated heterocycles. The zero-order valence-electron chi connectivity index (χ0n) is 50.8. The lowest BCUT2D eigenvalue weighted by Crippen LogP contribution is -2.30. The highest BCUT2D eigenvalue weighted by Gasteiger charge is 2.28. The van der Waals surface area contributed by atoms with Crippen LogP contribution in [0.4, 0.5) is 0 Å². The first-order valence-corrected chi connectivity index (χ1v) is 33.3. The van der Waals surface area contributed by atoms with Crippen molar-refractivity contribution in [3.63, 3.8) is 0 Å². The Labute approximate surface area is 488 Å². The van der Waals surface area contributed by atoms with Crippen LogP contribution in [0.2, 0.25) is 0 Å². The fraction of sp³-hybridized carbons (Fsp3) is 0.691. The van der Waals surface area contributed by atoms with E-state index in [-0.39, 0.29) is 25.9 Å². The maximum absolute atomic E-state index is 13.0. The number of aliphatic hydroxyl groups is 1. The summed E-state index contributed by atoms with van der Waals surface area (Å²) in [6, 6.07) is 0. The van der Waals surface area contributed by atoms with Crippen LogP contribution in [0.3, 0.4) is 0 Å². The highest BCUT2D eigenvalue weighted by Crippen LogP contribution is 2.43. The molecule has 458 valence electrons. The van der Waals surface area contributed by atoms with Crippen molar-refractivity contribution in [2.75, 3.05) is 26.4 Å². The van der Waals surface area contributed by atoms with Gasteiger partial charge in [0.25, 0.3) is 0 Å². The quantitative estimate of drug-likeness (QED) is 0.0197. The average Bonchev–Trinajstić information content (AvgIpc) is 3.45. The summed E-state index contributed by atoms with van der Waals surface area (Å²) in [6.45, 7) is 4.38. The molecule has 0 amide bonds. The topological polar surface area (TPSA) is 155 Å². The average molecular weight is 1140 g/mol. The van der Waals surface area contributed by atoms with E-state index in [0.29, 0.717) is 19.3 Å². The summed E-state index contributed by atoms with van der Waals surface area (Å²) in [5.74, 6) is -1.52. The summed E-state index contributed by atoms with van der Waals surface area (Å²) in [4.78, 5) is 48.7. The number of carbonyl (C=O) groups excluding carboxylic acids is 3. The minimum Gasteiger partial charge on any atom is -0.462 e. The monoisotopic (exact) mass is 1140 g/mol. The van der Waals surface area contributed by atoms with E-state index in [4.69, 9.17) is 23.3 Å². The van der Waals surface area contributed by atoms with E-state index in [1.54, 1.807) is 0 Å². The minimum atomic E-state index is -4.77. The van der Waals surface area contributed by atoms with Gasteiger partial charge >= 0.3 is 25.7 Å². The van der Waals surface area contributed by atoms with Gasteiger partial charge in [0.15, 0.2) is 6.10 Å². The number of phosphoric ester groups is 1. The number of hydrogen-bond donors (Lipinski definition) is 2. The van der Waals surface area contributed by atoms with Crippen LogP contribution in [0.5, 0.6) is 0 Å². The summed E-state index contributed by atoms with van der Waals surface area (Å²) in [7, 11) is -4.77. The Hall–Kier alpha value is -3.86. The fourth-order valence-electron chi connectivity index (χ4n) is 8.39. The Morgan fingerprint density at radius 1 is 0.362 bits per heavy atom. The van der Waals surface area contributed by atoms with E-state index in [9.17, 15) is 28.9 Å². The molecule has 0 rings (SSSR count). The zero-order chi connectivity index (χ0) is 58.3. The predicted molar refractivity (Wildman–Crippen MR) is 334 cm³/mol. The lowest BCUT2D eigenvalue weighted by Gasteiger charge is -2.21. The van der Waals surface area contributed by atoms with Crippen molar-refractivity contribution < 1.29 is 52.2 Å². The SMILES string of the molecule is CC/C=C\C/C=C\C/C=C\C/C=C\C/C=C\CCCCCC(=O)OCC(COP(=O)(O)OCC(CO)OC(=O)CCCCCCC/C=C\C/C=C\C/C=C\CC)OC(=O)CCCCCCCCCCC/C=C\CCCCCCCC. The number of phosphoric acid groups is 1. The Morgan fingerprint density at radius 3 is 1.02 bits per heavy atom. The van der Waals surface area contributed by atoms with E-state index in [1.165, 1.54) is 83.5 Å². The van der Waals surface area contributed by atoms with Crippen LogP contribution in [-0.4, -0.2) is 66.5 Å². The van der Waals surface area contributed by atoms with Crippen LogP contribution in [0.25, 0.3) is 0 Å². The Bertz CT molecular complexity index is 1760. The summed E-state index contributed by atoms with van der Waals surface area (Å²) in [5.41, 5.74) is 0. The van der Waals surface area contributed by atoms with Gasteiger partial charge in [0.2, 0.25) is 0 Å². The number of ether oxygens (including phenoxy) is 3. The molecule has 12 heteroatoms. The van der Waals surface area contributed by atoms with Crippen molar-refractivity contribution in [3.05, 3.63) is 109 Å². The van der Waals surface area contributed by atoms with Gasteiger partial charge in [-0.3, -0.25) is 23.4 Å². The number of unbranched alkanes of at least 4 members (excludes halogenated alkanes) is 23. The van der Waals surface area contributed by atoms with Gasteiger partial charge in [-0.25, -0.2) is 4.57 Å². The molecule has 0 fully saturated rings. The molecule has 0 aliphatic rings. The number of aliphatic hydroxyl groups excluding tert-OH is 1. The van der Waals surface area contributed by atoms with Crippen LogP contribution in [0.15, 0.2) is 109 Å². The van der Waals surface area contributed by atoms with Gasteiger partial charge in [0.05, 0.1) is 19.8 Å². The van der Waals surface area contributed by atoms with Gasteiger partial charge in [-0.05, 0) is 122 Å². The van der Waals surface area contributed by atoms with E-state index in [0.717, 1.165) is 122 Å². The summed E-state index contributed by atoms with van der Waals surface area (Å²) in [5, 5.41) is 9.84. The van der Waals surface area contributed by atoms with Gasteiger partial charge in [-0.2, -0.15) is 0 Å². The van der Waals surface area contributed by atoms with Gasteiger partial charge in [0.1, 0.15) is 12.7 Å². The smallest absolute Gasteiger partial charge is 0.462 e. The fourth-order valence-corrected chi connectivity index (χ4v) is 9.18. The molecule has 0 radical (unpaired) electrons. The van der Waals surface area contributed by atoms with Crippen molar-refractivity contribution >= 4 is 25.7 Å². The van der Waals surface area contributed by atoms with Crippen molar-refractivity contribution in [2.45, 2.75) is 277 Å². The summed E-state index contributed by atoms with van der Waals surface area (Å²) < 4.78 is 39.6.